The van der Waals surface area contributed by atoms with Gasteiger partial charge >= 0.3 is 0 Å². The Bertz CT molecular complexity index is 1300. The van der Waals surface area contributed by atoms with Gasteiger partial charge in [-0.2, -0.15) is 0 Å². The zero-order valence-corrected chi connectivity index (χ0v) is 20.6. The summed E-state index contributed by atoms with van der Waals surface area (Å²) >= 11 is 0. The average Bonchev–Trinajstić information content (AvgIpc) is 3.11. The molecule has 0 unspecified atom stereocenters. The molecule has 0 saturated carbocycles. The van der Waals surface area contributed by atoms with Crippen molar-refractivity contribution in [3.8, 4) is 0 Å². The maximum atomic E-state index is 13.3. The minimum atomic E-state index is -3.76. The molecule has 0 spiro atoms. The largest absolute Gasteiger partial charge is 0.353 e. The number of sulfonamides is 1. The number of rotatable bonds is 4. The van der Waals surface area contributed by atoms with E-state index in [1.54, 1.807) is 4.90 Å². The van der Waals surface area contributed by atoms with Crippen molar-refractivity contribution in [2.45, 2.75) is 25.2 Å². The van der Waals surface area contributed by atoms with Crippen LogP contribution in [0.3, 0.4) is 0 Å². The second-order valence-corrected chi connectivity index (χ2v) is 12.6. The quantitative estimate of drug-likeness (QED) is 0.638. The molecule has 0 bridgehead atoms. The predicted octanol–water partition coefficient (Wildman–Crippen LogP) is 1.60. The van der Waals surface area contributed by atoms with E-state index in [0.29, 0.717) is 39.1 Å². The summed E-state index contributed by atoms with van der Waals surface area (Å²) in [5, 5.41) is 0. The van der Waals surface area contributed by atoms with E-state index >= 15 is 0 Å². The smallest absolute Gasteiger partial charge is 0.255 e. The van der Waals surface area contributed by atoms with Crippen molar-refractivity contribution < 1.29 is 21.6 Å². The third-order valence-corrected chi connectivity index (χ3v) is 9.04. The van der Waals surface area contributed by atoms with Crippen LogP contribution in [0.4, 0.5) is 11.5 Å². The summed E-state index contributed by atoms with van der Waals surface area (Å²) in [5.41, 5.74) is 2.50. The Morgan fingerprint density at radius 3 is 2.30 bits per heavy atom. The lowest BCUT2D eigenvalue weighted by molar-refractivity contribution is 0.0742. The first-order valence-corrected chi connectivity index (χ1v) is 14.3. The van der Waals surface area contributed by atoms with E-state index in [4.69, 9.17) is 0 Å². The van der Waals surface area contributed by atoms with Crippen molar-refractivity contribution >= 4 is 37.3 Å². The number of benzene rings is 1. The Morgan fingerprint density at radius 2 is 1.73 bits per heavy atom. The predicted molar refractivity (Wildman–Crippen MR) is 127 cm³/mol. The highest BCUT2D eigenvalue weighted by Crippen LogP contribution is 2.29. The fourth-order valence-corrected chi connectivity index (χ4v) is 6.86. The molecular formula is C22H28N4O5S2. The standard InChI is InChI=1S/C22H28N4O5S2/c1-16-13-17(2)21(23-15-16)24-8-10-25(11-9-24)22(27)19-6-5-18(14-20(19)32(3,28)29)26-7-4-12-33(26,30)31/h5-6,13-15H,4,7-12H2,1-3H3. The van der Waals surface area contributed by atoms with Crippen molar-refractivity contribution in [3.05, 3.63) is 47.2 Å². The van der Waals surface area contributed by atoms with Gasteiger partial charge in [0.2, 0.25) is 10.0 Å². The molecule has 0 radical (unpaired) electrons. The molecule has 2 saturated heterocycles. The maximum absolute atomic E-state index is 13.3. The molecule has 2 aliphatic rings. The molecule has 1 aromatic heterocycles. The third-order valence-electron chi connectivity index (χ3n) is 6.04. The maximum Gasteiger partial charge on any atom is 0.255 e. The molecule has 0 atom stereocenters. The van der Waals surface area contributed by atoms with E-state index in [9.17, 15) is 21.6 Å². The molecular weight excluding hydrogens is 464 g/mol. The van der Waals surface area contributed by atoms with Crippen molar-refractivity contribution in [3.63, 3.8) is 0 Å². The first-order chi connectivity index (χ1) is 15.5. The van der Waals surface area contributed by atoms with Gasteiger partial charge in [-0.1, -0.05) is 6.07 Å². The summed E-state index contributed by atoms with van der Waals surface area (Å²) in [6, 6.07) is 6.32. The number of carbonyl (C=O) groups is 1. The molecule has 3 heterocycles. The summed E-state index contributed by atoms with van der Waals surface area (Å²) in [7, 11) is -7.22. The number of piperazine rings is 1. The summed E-state index contributed by atoms with van der Waals surface area (Å²) < 4.78 is 50.8. The van der Waals surface area contributed by atoms with Crippen LogP contribution in [-0.2, 0) is 19.9 Å². The lowest BCUT2D eigenvalue weighted by atomic mass is 10.1. The molecule has 9 nitrogen and oxygen atoms in total. The van der Waals surface area contributed by atoms with E-state index < -0.39 is 19.9 Å². The lowest BCUT2D eigenvalue weighted by Gasteiger charge is -2.36. The summed E-state index contributed by atoms with van der Waals surface area (Å²) in [5.74, 6) is 0.543. The van der Waals surface area contributed by atoms with Crippen molar-refractivity contribution in [1.29, 1.82) is 0 Å². The van der Waals surface area contributed by atoms with Crippen LogP contribution in [0.2, 0.25) is 0 Å². The van der Waals surface area contributed by atoms with Crippen LogP contribution < -0.4 is 9.21 Å². The molecule has 178 valence electrons. The Morgan fingerprint density at radius 1 is 1.03 bits per heavy atom. The summed E-state index contributed by atoms with van der Waals surface area (Å²) in [6.45, 7) is 6.32. The highest BCUT2D eigenvalue weighted by atomic mass is 32.2. The van der Waals surface area contributed by atoms with Gasteiger partial charge in [0.25, 0.3) is 5.91 Å². The van der Waals surface area contributed by atoms with Crippen LogP contribution in [0.1, 0.15) is 27.9 Å². The number of aromatic nitrogens is 1. The number of carbonyl (C=O) groups excluding carboxylic acids is 1. The van der Waals surface area contributed by atoms with E-state index in [1.807, 2.05) is 20.0 Å². The first-order valence-electron chi connectivity index (χ1n) is 10.8. The molecule has 2 aromatic rings. The molecule has 1 aromatic carbocycles. The second kappa shape index (κ2) is 8.60. The lowest BCUT2D eigenvalue weighted by Crippen LogP contribution is -2.49. The van der Waals surface area contributed by atoms with E-state index in [0.717, 1.165) is 23.2 Å². The third kappa shape index (κ3) is 4.70. The average molecular weight is 493 g/mol. The van der Waals surface area contributed by atoms with E-state index in [-0.39, 0.29) is 27.8 Å². The van der Waals surface area contributed by atoms with E-state index in [2.05, 4.69) is 16.0 Å². The van der Waals surface area contributed by atoms with Crippen LogP contribution in [-0.4, -0.2) is 77.4 Å². The van der Waals surface area contributed by atoms with Crippen LogP contribution in [0.15, 0.2) is 35.4 Å². The molecule has 1 amide bonds. The molecule has 11 heteroatoms. The van der Waals surface area contributed by atoms with Gasteiger partial charge < -0.3 is 9.80 Å². The van der Waals surface area contributed by atoms with Crippen molar-refractivity contribution in [2.75, 3.05) is 53.9 Å². The zero-order chi connectivity index (χ0) is 24.0. The summed E-state index contributed by atoms with van der Waals surface area (Å²) in [6.07, 6.45) is 3.34. The molecule has 2 fully saturated rings. The van der Waals surface area contributed by atoms with Crippen LogP contribution in [0.25, 0.3) is 0 Å². The fourth-order valence-electron chi connectivity index (χ4n) is 4.41. The molecule has 4 rings (SSSR count). The number of aryl methyl sites for hydroxylation is 2. The topological polar surface area (TPSA) is 108 Å². The first kappa shape index (κ1) is 23.5. The second-order valence-electron chi connectivity index (χ2n) is 8.63. The highest BCUT2D eigenvalue weighted by Gasteiger charge is 2.32. The molecule has 2 aliphatic heterocycles. The minimum absolute atomic E-state index is 0.0292. The van der Waals surface area contributed by atoms with E-state index in [1.165, 1.54) is 22.5 Å². The van der Waals surface area contributed by atoms with Gasteiger partial charge in [0.15, 0.2) is 9.84 Å². The number of hydrogen-bond donors (Lipinski definition) is 0. The Kier molecular flexibility index (Phi) is 6.12. The van der Waals surface area contributed by atoms with Gasteiger partial charge in [0.1, 0.15) is 5.82 Å². The molecule has 0 N–H and O–H groups in total. The summed E-state index contributed by atoms with van der Waals surface area (Å²) in [4.78, 5) is 21.4. The molecule has 0 aliphatic carbocycles. The number of amides is 1. The molecule has 33 heavy (non-hydrogen) atoms. The van der Waals surface area contributed by atoms with Gasteiger partial charge in [-0.15, -0.1) is 0 Å². The SMILES string of the molecule is Cc1cnc(N2CCN(C(=O)c3ccc(N4CCCS4(=O)=O)cc3S(C)(=O)=O)CC2)c(C)c1. The Hall–Kier alpha value is -2.66. The van der Waals surface area contributed by atoms with Gasteiger partial charge in [0.05, 0.1) is 21.9 Å². The van der Waals surface area contributed by atoms with Gasteiger partial charge in [-0.25, -0.2) is 21.8 Å². The van der Waals surface area contributed by atoms with Gasteiger partial charge in [0, 0.05) is 45.2 Å². The number of anilines is 2. The highest BCUT2D eigenvalue weighted by molar-refractivity contribution is 7.93. The van der Waals surface area contributed by atoms with Crippen molar-refractivity contribution in [1.82, 2.24) is 9.88 Å². The van der Waals surface area contributed by atoms with Crippen LogP contribution >= 0.6 is 0 Å². The normalized spacial score (nSPS) is 18.6. The Balaban J connectivity index is 1.57. The van der Waals surface area contributed by atoms with Gasteiger partial charge in [-0.05, 0) is 49.6 Å². The van der Waals surface area contributed by atoms with Crippen molar-refractivity contribution in [2.24, 2.45) is 0 Å². The number of nitrogens with zero attached hydrogens (tertiary/aromatic N) is 4. The van der Waals surface area contributed by atoms with Crippen LogP contribution in [0, 0.1) is 13.8 Å². The van der Waals surface area contributed by atoms with Crippen LogP contribution in [0.5, 0.6) is 0 Å². The number of hydrogen-bond acceptors (Lipinski definition) is 7. The monoisotopic (exact) mass is 492 g/mol. The number of pyridine rings is 1. The minimum Gasteiger partial charge on any atom is -0.353 e. The van der Waals surface area contributed by atoms with Gasteiger partial charge in [-0.3, -0.25) is 9.10 Å². The Labute approximate surface area is 195 Å². The fraction of sp³-hybridized carbons (Fsp3) is 0.455. The zero-order valence-electron chi connectivity index (χ0n) is 19.0. The number of sulfone groups is 1.